The summed E-state index contributed by atoms with van der Waals surface area (Å²) in [5.41, 5.74) is 0.883. The molecular weight excluding hydrogens is 204 g/mol. The molecule has 5 heteroatoms. The van der Waals surface area contributed by atoms with Crippen molar-refractivity contribution in [2.45, 2.75) is 32.4 Å². The first-order valence-electron chi connectivity index (χ1n) is 5.58. The van der Waals surface area contributed by atoms with Crippen LogP contribution < -0.4 is 5.32 Å². The maximum absolute atomic E-state index is 9.01. The Morgan fingerprint density at radius 3 is 3.12 bits per heavy atom. The Bertz CT molecular complexity index is 342. The highest BCUT2D eigenvalue weighted by atomic mass is 16.3. The minimum atomic E-state index is -0.336. The molecule has 1 heterocycles. The van der Waals surface area contributed by atoms with Crippen molar-refractivity contribution in [2.24, 2.45) is 0 Å². The van der Waals surface area contributed by atoms with E-state index in [0.29, 0.717) is 13.0 Å². The van der Waals surface area contributed by atoms with Gasteiger partial charge in [0.1, 0.15) is 6.04 Å². The van der Waals surface area contributed by atoms with E-state index in [-0.39, 0.29) is 12.6 Å². The number of aryl methyl sites for hydroxylation is 1. The van der Waals surface area contributed by atoms with Gasteiger partial charge in [-0.2, -0.15) is 10.4 Å². The molecule has 88 valence electrons. The number of rotatable bonds is 7. The van der Waals surface area contributed by atoms with Crippen LogP contribution in [0, 0.1) is 11.3 Å². The van der Waals surface area contributed by atoms with E-state index in [2.05, 4.69) is 23.4 Å². The van der Waals surface area contributed by atoms with E-state index < -0.39 is 0 Å². The first-order chi connectivity index (χ1) is 7.81. The molecule has 1 atom stereocenters. The van der Waals surface area contributed by atoms with Gasteiger partial charge in [0.05, 0.1) is 12.3 Å². The van der Waals surface area contributed by atoms with Gasteiger partial charge in [-0.3, -0.25) is 10.00 Å². The van der Waals surface area contributed by atoms with Crippen LogP contribution in [-0.2, 0) is 6.54 Å². The molecule has 2 N–H and O–H groups in total. The molecule has 0 bridgehead atoms. The molecule has 16 heavy (non-hydrogen) atoms. The molecule has 5 nitrogen and oxygen atoms in total. The summed E-state index contributed by atoms with van der Waals surface area (Å²) in [5.74, 6) is 0. The smallest absolute Gasteiger partial charge is 0.124 e. The number of hydrogen-bond donors (Lipinski definition) is 2. The third-order valence-electron chi connectivity index (χ3n) is 2.25. The van der Waals surface area contributed by atoms with Crippen LogP contribution in [-0.4, -0.2) is 28.0 Å². The Hall–Kier alpha value is -1.38. The fourth-order valence-electron chi connectivity index (χ4n) is 1.44. The molecule has 1 unspecified atom stereocenters. The largest absolute Gasteiger partial charge is 0.396 e. The molecule has 0 spiro atoms. The molecule has 0 aliphatic heterocycles. The van der Waals surface area contributed by atoms with Gasteiger partial charge in [0, 0.05) is 24.9 Å². The Morgan fingerprint density at radius 2 is 2.50 bits per heavy atom. The van der Waals surface area contributed by atoms with Gasteiger partial charge >= 0.3 is 0 Å². The normalized spacial score (nSPS) is 12.3. The second kappa shape index (κ2) is 6.99. The van der Waals surface area contributed by atoms with Gasteiger partial charge in [0.25, 0.3) is 0 Å². The Kier molecular flexibility index (Phi) is 5.54. The van der Waals surface area contributed by atoms with Gasteiger partial charge in [-0.25, -0.2) is 0 Å². The topological polar surface area (TPSA) is 73.9 Å². The lowest BCUT2D eigenvalue weighted by atomic mass is 10.2. The fourth-order valence-corrected chi connectivity index (χ4v) is 1.44. The molecule has 1 aromatic heterocycles. The number of nitriles is 1. The Labute approximate surface area is 95.7 Å². The van der Waals surface area contributed by atoms with Crippen LogP contribution >= 0.6 is 0 Å². The van der Waals surface area contributed by atoms with Crippen molar-refractivity contribution in [3.8, 4) is 6.07 Å². The minimum absolute atomic E-state index is 0.139. The van der Waals surface area contributed by atoms with E-state index in [4.69, 9.17) is 10.4 Å². The van der Waals surface area contributed by atoms with E-state index in [1.54, 1.807) is 6.20 Å². The average molecular weight is 222 g/mol. The number of aliphatic hydroxyl groups excluding tert-OH is 1. The van der Waals surface area contributed by atoms with E-state index in [0.717, 1.165) is 18.5 Å². The highest BCUT2D eigenvalue weighted by Gasteiger charge is 2.11. The van der Waals surface area contributed by atoms with Crippen molar-refractivity contribution >= 4 is 0 Å². The lowest BCUT2D eigenvalue weighted by Crippen LogP contribution is -2.21. The lowest BCUT2D eigenvalue weighted by molar-refractivity contribution is 0.285. The summed E-state index contributed by atoms with van der Waals surface area (Å²) < 4.78 is 1.84. The maximum atomic E-state index is 9.01. The number of nitrogens with one attached hydrogen (secondary N) is 1. The predicted octanol–water partition coefficient (Wildman–Crippen LogP) is 0.830. The molecule has 0 radical (unpaired) electrons. The van der Waals surface area contributed by atoms with Gasteiger partial charge < -0.3 is 5.11 Å². The molecule has 1 rings (SSSR count). The zero-order valence-electron chi connectivity index (χ0n) is 9.56. The highest BCUT2D eigenvalue weighted by Crippen LogP contribution is 2.10. The van der Waals surface area contributed by atoms with E-state index in [1.807, 2.05) is 10.9 Å². The second-order valence-electron chi connectivity index (χ2n) is 3.63. The molecule has 0 saturated heterocycles. The minimum Gasteiger partial charge on any atom is -0.396 e. The quantitative estimate of drug-likeness (QED) is 0.670. The van der Waals surface area contributed by atoms with Crippen LogP contribution in [0.5, 0.6) is 0 Å². The molecular formula is C11H18N4O. The standard InChI is InChI=1S/C11H18N4O/c1-2-5-15-9-10(8-14-15)11(7-12)13-4-3-6-16/h8-9,11,13,16H,2-6H2,1H3. The summed E-state index contributed by atoms with van der Waals surface area (Å²) in [5, 5.41) is 24.9. The van der Waals surface area contributed by atoms with Crippen LogP contribution in [0.2, 0.25) is 0 Å². The number of aromatic nitrogens is 2. The molecule has 1 aromatic rings. The van der Waals surface area contributed by atoms with Crippen LogP contribution in [0.15, 0.2) is 12.4 Å². The Balaban J connectivity index is 2.54. The maximum Gasteiger partial charge on any atom is 0.124 e. The van der Waals surface area contributed by atoms with Gasteiger partial charge in [-0.05, 0) is 19.4 Å². The average Bonchev–Trinajstić information content (AvgIpc) is 2.74. The monoisotopic (exact) mass is 222 g/mol. The number of hydrogen-bond acceptors (Lipinski definition) is 4. The van der Waals surface area contributed by atoms with Crippen molar-refractivity contribution in [3.63, 3.8) is 0 Å². The van der Waals surface area contributed by atoms with Crippen molar-refractivity contribution in [1.29, 1.82) is 5.26 Å². The van der Waals surface area contributed by atoms with Gasteiger partial charge in [-0.1, -0.05) is 6.92 Å². The molecule has 0 saturated carbocycles. The third-order valence-corrected chi connectivity index (χ3v) is 2.25. The van der Waals surface area contributed by atoms with Crippen molar-refractivity contribution in [1.82, 2.24) is 15.1 Å². The van der Waals surface area contributed by atoms with E-state index in [9.17, 15) is 0 Å². The van der Waals surface area contributed by atoms with Crippen LogP contribution in [0.25, 0.3) is 0 Å². The highest BCUT2D eigenvalue weighted by molar-refractivity contribution is 5.17. The van der Waals surface area contributed by atoms with Crippen molar-refractivity contribution < 1.29 is 5.11 Å². The zero-order chi connectivity index (χ0) is 11.8. The second-order valence-corrected chi connectivity index (χ2v) is 3.63. The lowest BCUT2D eigenvalue weighted by Gasteiger charge is -2.08. The molecule has 0 amide bonds. The van der Waals surface area contributed by atoms with Gasteiger partial charge in [0.2, 0.25) is 0 Å². The van der Waals surface area contributed by atoms with E-state index >= 15 is 0 Å². The van der Waals surface area contributed by atoms with Crippen molar-refractivity contribution in [3.05, 3.63) is 18.0 Å². The number of nitrogens with zero attached hydrogens (tertiary/aromatic N) is 3. The first kappa shape index (κ1) is 12.7. The molecule has 0 fully saturated rings. The molecule has 0 aliphatic carbocycles. The summed E-state index contributed by atoms with van der Waals surface area (Å²) in [6.07, 6.45) is 5.29. The fraction of sp³-hybridized carbons (Fsp3) is 0.636. The SMILES string of the molecule is CCCn1cc(C(C#N)NCCCO)cn1. The van der Waals surface area contributed by atoms with E-state index in [1.165, 1.54) is 0 Å². The summed E-state index contributed by atoms with van der Waals surface area (Å²) in [6, 6.07) is 1.85. The summed E-state index contributed by atoms with van der Waals surface area (Å²) in [6.45, 7) is 3.73. The zero-order valence-corrected chi connectivity index (χ0v) is 9.56. The first-order valence-corrected chi connectivity index (χ1v) is 5.58. The summed E-state index contributed by atoms with van der Waals surface area (Å²) >= 11 is 0. The van der Waals surface area contributed by atoms with Gasteiger partial charge in [0.15, 0.2) is 0 Å². The molecule has 0 aromatic carbocycles. The van der Waals surface area contributed by atoms with Crippen LogP contribution in [0.4, 0.5) is 0 Å². The Morgan fingerprint density at radius 1 is 1.69 bits per heavy atom. The van der Waals surface area contributed by atoms with Crippen LogP contribution in [0.3, 0.4) is 0 Å². The van der Waals surface area contributed by atoms with Crippen LogP contribution in [0.1, 0.15) is 31.4 Å². The van der Waals surface area contributed by atoms with Crippen molar-refractivity contribution in [2.75, 3.05) is 13.2 Å². The molecule has 0 aliphatic rings. The summed E-state index contributed by atoms with van der Waals surface area (Å²) in [7, 11) is 0. The summed E-state index contributed by atoms with van der Waals surface area (Å²) in [4.78, 5) is 0. The predicted molar refractivity (Wildman–Crippen MR) is 60.6 cm³/mol. The third kappa shape index (κ3) is 3.65. The number of aliphatic hydroxyl groups is 1. The van der Waals surface area contributed by atoms with Gasteiger partial charge in [-0.15, -0.1) is 0 Å².